The first-order valence-electron chi connectivity index (χ1n) is 19.0. The molecule has 308 valence electrons. The van der Waals surface area contributed by atoms with Crippen molar-refractivity contribution < 1.29 is 57.3 Å². The number of amides is 4. The number of hydrogen-bond acceptors (Lipinski definition) is 14. The van der Waals surface area contributed by atoms with Gasteiger partial charge in [-0.1, -0.05) is 27.7 Å². The van der Waals surface area contributed by atoms with E-state index in [9.17, 15) is 38.4 Å². The van der Waals surface area contributed by atoms with Gasteiger partial charge in [-0.05, 0) is 92.0 Å². The number of hydrogen-bond donors (Lipinski definition) is 2. The molecule has 0 saturated heterocycles. The number of anilines is 2. The van der Waals surface area contributed by atoms with Gasteiger partial charge in [0.05, 0.1) is 42.0 Å². The summed E-state index contributed by atoms with van der Waals surface area (Å²) in [5.41, 5.74) is 1.92. The minimum Gasteiger partial charge on any atom is -0.465 e. The molecule has 0 bridgehead atoms. The molecule has 2 N–H and O–H groups in total. The average Bonchev–Trinajstić information content (AvgIpc) is 3.81. The standard InChI is InChI=1S/C41H45N3O12S2/c1-19(2)13-27(39(50)56-18-31(46)43-35-33(41(52)54-6)25-11-8-21(4)15-29(25)58-35)44-36(47)23-12-9-22(16-26(23)37(44)48)38(49)55-17-30(45)42-34-32(40(51)53-5)24-10-7-20(3)14-28(24)57-34/h9,12,16,19-21,27H,7-8,10-11,13-15,17-18H2,1-6H3,(H,42,45)(H,43,46). The molecule has 3 unspecified atom stereocenters. The zero-order valence-electron chi connectivity index (χ0n) is 33.1. The van der Waals surface area contributed by atoms with E-state index in [-0.39, 0.29) is 34.6 Å². The Kier molecular flexibility index (Phi) is 12.8. The summed E-state index contributed by atoms with van der Waals surface area (Å²) in [6, 6.07) is 2.29. The van der Waals surface area contributed by atoms with E-state index in [4.69, 9.17) is 18.9 Å². The third-order valence-electron chi connectivity index (χ3n) is 10.4. The zero-order chi connectivity index (χ0) is 42.0. The summed E-state index contributed by atoms with van der Waals surface area (Å²) in [7, 11) is 2.52. The van der Waals surface area contributed by atoms with Crippen molar-refractivity contribution in [1.82, 2.24) is 4.90 Å². The number of rotatable bonds is 13. The second-order valence-corrected chi connectivity index (χ2v) is 17.5. The Morgan fingerprint density at radius 3 is 1.74 bits per heavy atom. The lowest BCUT2D eigenvalue weighted by molar-refractivity contribution is -0.151. The van der Waals surface area contributed by atoms with Crippen molar-refractivity contribution in [3.63, 3.8) is 0 Å². The molecule has 0 saturated carbocycles. The molecular formula is C41H45N3O12S2. The van der Waals surface area contributed by atoms with Crippen molar-refractivity contribution >= 4 is 80.2 Å². The highest BCUT2D eigenvalue weighted by molar-refractivity contribution is 7.17. The van der Waals surface area contributed by atoms with Crippen LogP contribution in [0.1, 0.15) is 120 Å². The van der Waals surface area contributed by atoms with E-state index in [0.717, 1.165) is 57.5 Å². The van der Waals surface area contributed by atoms with Gasteiger partial charge in [0.25, 0.3) is 23.6 Å². The highest BCUT2D eigenvalue weighted by Gasteiger charge is 2.44. The fraction of sp³-hybridized carbons (Fsp3) is 0.463. The van der Waals surface area contributed by atoms with Crippen LogP contribution in [0.15, 0.2) is 18.2 Å². The number of benzene rings is 1. The lowest BCUT2D eigenvalue weighted by Crippen LogP contribution is -2.46. The maximum atomic E-state index is 13.7. The molecule has 2 aliphatic carbocycles. The number of carbonyl (C=O) groups is 8. The third kappa shape index (κ3) is 8.70. The van der Waals surface area contributed by atoms with Gasteiger partial charge in [-0.15, -0.1) is 22.7 Å². The van der Waals surface area contributed by atoms with Gasteiger partial charge in [-0.3, -0.25) is 24.1 Å². The minimum absolute atomic E-state index is 0.0161. The molecule has 17 heteroatoms. The van der Waals surface area contributed by atoms with Gasteiger partial charge in [0.1, 0.15) is 16.0 Å². The summed E-state index contributed by atoms with van der Waals surface area (Å²) in [5.74, 6) is -5.52. The summed E-state index contributed by atoms with van der Waals surface area (Å²) in [4.78, 5) is 108. The summed E-state index contributed by atoms with van der Waals surface area (Å²) in [5, 5.41) is 5.94. The summed E-state index contributed by atoms with van der Waals surface area (Å²) >= 11 is 2.56. The van der Waals surface area contributed by atoms with Crippen LogP contribution in [-0.4, -0.2) is 85.9 Å². The first-order valence-corrected chi connectivity index (χ1v) is 20.7. The van der Waals surface area contributed by atoms with Gasteiger partial charge in [0, 0.05) is 9.75 Å². The number of imide groups is 1. The Hall–Kier alpha value is -5.42. The molecule has 2 aromatic heterocycles. The summed E-state index contributed by atoms with van der Waals surface area (Å²) in [6.07, 6.45) is 4.65. The van der Waals surface area contributed by atoms with Crippen LogP contribution >= 0.6 is 22.7 Å². The number of nitrogens with one attached hydrogen (secondary N) is 2. The van der Waals surface area contributed by atoms with E-state index in [0.29, 0.717) is 40.2 Å². The number of methoxy groups -OCH3 is 2. The van der Waals surface area contributed by atoms with Crippen LogP contribution in [-0.2, 0) is 59.0 Å². The molecule has 58 heavy (non-hydrogen) atoms. The Morgan fingerprint density at radius 1 is 0.741 bits per heavy atom. The third-order valence-corrected chi connectivity index (χ3v) is 12.8. The largest absolute Gasteiger partial charge is 0.465 e. The van der Waals surface area contributed by atoms with Crippen molar-refractivity contribution in [3.05, 3.63) is 66.9 Å². The molecule has 4 amide bonds. The lowest BCUT2D eigenvalue weighted by atomic mass is 9.88. The second kappa shape index (κ2) is 17.6. The molecule has 1 aromatic carbocycles. The van der Waals surface area contributed by atoms with E-state index in [1.165, 1.54) is 49.0 Å². The van der Waals surface area contributed by atoms with Gasteiger partial charge in [-0.25, -0.2) is 19.2 Å². The van der Waals surface area contributed by atoms with Crippen molar-refractivity contribution in [1.29, 1.82) is 0 Å². The maximum Gasteiger partial charge on any atom is 0.341 e. The number of carbonyl (C=O) groups excluding carboxylic acids is 8. The van der Waals surface area contributed by atoms with E-state index in [1.807, 2.05) is 0 Å². The quantitative estimate of drug-likeness (QED) is 0.123. The highest BCUT2D eigenvalue weighted by Crippen LogP contribution is 2.41. The molecule has 1 aliphatic heterocycles. The first kappa shape index (κ1) is 42.2. The molecule has 3 heterocycles. The fourth-order valence-electron chi connectivity index (χ4n) is 7.51. The molecule has 0 radical (unpaired) electrons. The van der Waals surface area contributed by atoms with E-state index < -0.39 is 66.8 Å². The minimum atomic E-state index is -1.40. The van der Waals surface area contributed by atoms with Crippen LogP contribution in [0.4, 0.5) is 10.0 Å². The molecule has 3 aromatic rings. The van der Waals surface area contributed by atoms with Crippen LogP contribution < -0.4 is 10.6 Å². The Labute approximate surface area is 342 Å². The van der Waals surface area contributed by atoms with Gasteiger partial charge in [0.2, 0.25) is 0 Å². The molecule has 3 aliphatic rings. The van der Waals surface area contributed by atoms with Gasteiger partial charge in [0.15, 0.2) is 13.2 Å². The van der Waals surface area contributed by atoms with Gasteiger partial charge >= 0.3 is 23.9 Å². The SMILES string of the molecule is COC(=O)c1c(NC(=O)COC(=O)c2ccc3c(c2)C(=O)N(C(CC(C)C)C(=O)OCC(=O)Nc2sc4c(c2C(=O)OC)CCC(C)C4)C3=O)sc2c1CCC(C)C2. The molecular weight excluding hydrogens is 791 g/mol. The molecule has 15 nitrogen and oxygen atoms in total. The highest BCUT2D eigenvalue weighted by atomic mass is 32.1. The van der Waals surface area contributed by atoms with Gasteiger partial charge < -0.3 is 29.6 Å². The lowest BCUT2D eigenvalue weighted by Gasteiger charge is -2.25. The van der Waals surface area contributed by atoms with Crippen LogP contribution in [0.3, 0.4) is 0 Å². The number of fused-ring (bicyclic) bond motifs is 3. The molecule has 0 spiro atoms. The van der Waals surface area contributed by atoms with Crippen LogP contribution in [0.25, 0.3) is 0 Å². The Balaban J connectivity index is 1.10. The Morgan fingerprint density at radius 2 is 1.24 bits per heavy atom. The van der Waals surface area contributed by atoms with Crippen molar-refractivity contribution in [2.75, 3.05) is 38.1 Å². The average molecular weight is 836 g/mol. The molecule has 6 rings (SSSR count). The number of thiophene rings is 2. The monoisotopic (exact) mass is 835 g/mol. The smallest absolute Gasteiger partial charge is 0.341 e. The van der Waals surface area contributed by atoms with Crippen molar-refractivity contribution in [2.45, 2.75) is 78.7 Å². The van der Waals surface area contributed by atoms with Crippen molar-refractivity contribution in [2.24, 2.45) is 17.8 Å². The number of ether oxygens (including phenoxy) is 4. The topological polar surface area (TPSA) is 201 Å². The normalized spacial score (nSPS) is 17.5. The van der Waals surface area contributed by atoms with Crippen LogP contribution in [0.5, 0.6) is 0 Å². The van der Waals surface area contributed by atoms with Crippen molar-refractivity contribution in [3.8, 4) is 0 Å². The van der Waals surface area contributed by atoms with Crippen LogP contribution in [0.2, 0.25) is 0 Å². The first-order chi connectivity index (χ1) is 27.6. The summed E-state index contributed by atoms with van der Waals surface area (Å²) in [6.45, 7) is 6.33. The van der Waals surface area contributed by atoms with Crippen LogP contribution in [0, 0.1) is 17.8 Å². The molecule has 3 atom stereocenters. The number of esters is 4. The second-order valence-electron chi connectivity index (χ2n) is 15.3. The summed E-state index contributed by atoms with van der Waals surface area (Å²) < 4.78 is 20.5. The van der Waals surface area contributed by atoms with E-state index in [2.05, 4.69) is 24.5 Å². The van der Waals surface area contributed by atoms with E-state index in [1.54, 1.807) is 13.8 Å². The van der Waals surface area contributed by atoms with Gasteiger partial charge in [-0.2, -0.15) is 0 Å². The van der Waals surface area contributed by atoms with E-state index >= 15 is 0 Å². The Bertz CT molecular complexity index is 2200. The number of nitrogens with zero attached hydrogens (tertiary/aromatic N) is 1. The zero-order valence-corrected chi connectivity index (χ0v) is 34.7. The molecule has 0 fully saturated rings. The maximum absolute atomic E-state index is 13.7. The predicted molar refractivity (Wildman–Crippen MR) is 212 cm³/mol. The fourth-order valence-corrected chi connectivity index (χ4v) is 10.3. The predicted octanol–water partition coefficient (Wildman–Crippen LogP) is 5.62.